The smallest absolute Gasteiger partial charge is 0.245 e. The normalized spacial score (nSPS) is 11.4. The van der Waals surface area contributed by atoms with Crippen LogP contribution in [0.25, 0.3) is 0 Å². The summed E-state index contributed by atoms with van der Waals surface area (Å²) in [5, 5.41) is 2.79. The third-order valence-electron chi connectivity index (χ3n) is 2.26. The summed E-state index contributed by atoms with van der Waals surface area (Å²) < 4.78 is 50.9. The Labute approximate surface area is 111 Å². The average Bonchev–Trinajstić information content (AvgIpc) is 2.25. The maximum atomic E-state index is 13.4. The summed E-state index contributed by atoms with van der Waals surface area (Å²) in [5.74, 6) is -1.89. The van der Waals surface area contributed by atoms with E-state index >= 15 is 0 Å². The summed E-state index contributed by atoms with van der Waals surface area (Å²) in [6, 6.07) is 2.40. The molecule has 0 radical (unpaired) electrons. The van der Waals surface area contributed by atoms with E-state index in [0.717, 1.165) is 16.4 Å². The first kappa shape index (κ1) is 17.2. The summed E-state index contributed by atoms with van der Waals surface area (Å²) in [6.07, 6.45) is 0. The monoisotopic (exact) mass is 300 g/mol. The zero-order valence-corrected chi connectivity index (χ0v) is 11.6. The predicted octanol–water partition coefficient (Wildman–Crippen LogP) is 1.23. The van der Waals surface area contributed by atoms with Crippen molar-refractivity contribution in [3.05, 3.63) is 29.8 Å². The Morgan fingerprint density at radius 3 is 2.44 bits per heavy atom. The van der Waals surface area contributed by atoms with Crippen LogP contribution in [0.3, 0.4) is 0 Å². The molecule has 0 spiro atoms. The summed E-state index contributed by atoms with van der Waals surface area (Å²) in [5.41, 5.74) is 0. The van der Waals surface area contributed by atoms with Crippen LogP contribution in [0.5, 0.6) is 0 Å². The first-order valence-corrected chi connectivity index (χ1v) is 6.39. The van der Waals surface area contributed by atoms with Crippen LogP contribution in [0.1, 0.15) is 0 Å². The molecule has 0 fully saturated rings. The van der Waals surface area contributed by atoms with Crippen LogP contribution in [-0.2, 0) is 10.0 Å². The van der Waals surface area contributed by atoms with Crippen molar-refractivity contribution in [2.75, 3.05) is 27.2 Å². The van der Waals surface area contributed by atoms with Gasteiger partial charge >= 0.3 is 0 Å². The maximum absolute atomic E-state index is 13.4. The van der Waals surface area contributed by atoms with Crippen molar-refractivity contribution in [1.82, 2.24) is 9.62 Å². The summed E-state index contributed by atoms with van der Waals surface area (Å²) >= 11 is 0. The molecule has 8 heteroatoms. The fourth-order valence-corrected chi connectivity index (χ4v) is 2.45. The van der Waals surface area contributed by atoms with E-state index in [4.69, 9.17) is 0 Å². The molecule has 0 aliphatic rings. The molecule has 1 aromatic carbocycles. The number of sulfonamides is 1. The fourth-order valence-electron chi connectivity index (χ4n) is 1.24. The molecule has 0 amide bonds. The van der Waals surface area contributed by atoms with E-state index in [1.165, 1.54) is 7.05 Å². The highest BCUT2D eigenvalue weighted by Gasteiger charge is 2.24. The van der Waals surface area contributed by atoms with E-state index in [9.17, 15) is 17.2 Å². The molecular weight excluding hydrogens is 286 g/mol. The van der Waals surface area contributed by atoms with Crippen molar-refractivity contribution < 1.29 is 17.2 Å². The second-order valence-electron chi connectivity index (χ2n) is 3.50. The van der Waals surface area contributed by atoms with E-state index in [2.05, 4.69) is 5.32 Å². The number of hydrogen-bond acceptors (Lipinski definition) is 3. The Morgan fingerprint density at radius 1 is 1.33 bits per heavy atom. The Morgan fingerprint density at radius 2 is 1.94 bits per heavy atom. The van der Waals surface area contributed by atoms with Crippen LogP contribution in [0.2, 0.25) is 0 Å². The highest BCUT2D eigenvalue weighted by Crippen LogP contribution is 2.18. The van der Waals surface area contributed by atoms with Gasteiger partial charge in [-0.1, -0.05) is 0 Å². The van der Waals surface area contributed by atoms with Crippen LogP contribution in [0, 0.1) is 11.6 Å². The maximum Gasteiger partial charge on any atom is 0.245 e. The quantitative estimate of drug-likeness (QED) is 0.890. The third kappa shape index (κ3) is 3.88. The second-order valence-corrected chi connectivity index (χ2v) is 5.52. The SMILES string of the molecule is CNCCN(C)S(=O)(=O)c1ccc(F)cc1F.Cl. The Hall–Kier alpha value is -0.760. The van der Waals surface area contributed by atoms with Crippen molar-refractivity contribution >= 4 is 22.4 Å². The highest BCUT2D eigenvalue weighted by atomic mass is 35.5. The van der Waals surface area contributed by atoms with Crippen LogP contribution in [0.15, 0.2) is 23.1 Å². The lowest BCUT2D eigenvalue weighted by Crippen LogP contribution is -2.33. The molecule has 0 aromatic heterocycles. The molecule has 1 N–H and O–H groups in total. The van der Waals surface area contributed by atoms with E-state index in [1.54, 1.807) is 7.05 Å². The summed E-state index contributed by atoms with van der Waals surface area (Å²) in [6.45, 7) is 0.647. The molecule has 0 heterocycles. The topological polar surface area (TPSA) is 49.4 Å². The van der Waals surface area contributed by atoms with Crippen molar-refractivity contribution in [3.8, 4) is 0 Å². The predicted molar refractivity (Wildman–Crippen MR) is 67.3 cm³/mol. The van der Waals surface area contributed by atoms with Gasteiger partial charge in [-0.25, -0.2) is 17.2 Å². The second kappa shape index (κ2) is 6.98. The molecule has 0 saturated carbocycles. The number of rotatable bonds is 5. The number of halogens is 3. The van der Waals surface area contributed by atoms with Gasteiger partial charge in [-0.2, -0.15) is 4.31 Å². The van der Waals surface area contributed by atoms with Crippen LogP contribution in [-0.4, -0.2) is 39.9 Å². The van der Waals surface area contributed by atoms with Crippen molar-refractivity contribution in [3.63, 3.8) is 0 Å². The van der Waals surface area contributed by atoms with Gasteiger partial charge in [0.15, 0.2) is 0 Å². The zero-order valence-electron chi connectivity index (χ0n) is 9.98. The molecule has 18 heavy (non-hydrogen) atoms. The average molecular weight is 301 g/mol. The summed E-state index contributed by atoms with van der Waals surface area (Å²) in [7, 11) is -0.885. The van der Waals surface area contributed by atoms with Gasteiger partial charge in [0.25, 0.3) is 0 Å². The molecule has 0 unspecified atom stereocenters. The minimum atomic E-state index is -3.91. The molecule has 1 aromatic rings. The number of nitrogens with one attached hydrogen (secondary N) is 1. The Bertz CT molecular complexity index is 497. The number of nitrogens with zero attached hydrogens (tertiary/aromatic N) is 1. The molecule has 104 valence electrons. The molecule has 0 aliphatic heterocycles. The number of benzene rings is 1. The largest absolute Gasteiger partial charge is 0.318 e. The van der Waals surface area contributed by atoms with E-state index in [0.29, 0.717) is 12.6 Å². The van der Waals surface area contributed by atoms with Gasteiger partial charge in [0.1, 0.15) is 16.5 Å². The Balaban J connectivity index is 0.00000289. The summed E-state index contributed by atoms with van der Waals surface area (Å²) in [4.78, 5) is -0.516. The van der Waals surface area contributed by atoms with Crippen LogP contribution >= 0.6 is 12.4 Å². The molecular formula is C10H15ClF2N2O2S. The van der Waals surface area contributed by atoms with Crippen molar-refractivity contribution in [2.45, 2.75) is 4.90 Å². The molecule has 4 nitrogen and oxygen atoms in total. The number of hydrogen-bond donors (Lipinski definition) is 1. The minimum absolute atomic E-state index is 0. The lowest BCUT2D eigenvalue weighted by molar-refractivity contribution is 0.458. The van der Waals surface area contributed by atoms with Gasteiger partial charge in [-0.15, -0.1) is 12.4 Å². The Kier molecular flexibility index (Phi) is 6.69. The van der Waals surface area contributed by atoms with Gasteiger partial charge in [0.2, 0.25) is 10.0 Å². The first-order valence-electron chi connectivity index (χ1n) is 4.95. The molecule has 0 aliphatic carbocycles. The molecule has 0 bridgehead atoms. The van der Waals surface area contributed by atoms with E-state index in [1.807, 2.05) is 0 Å². The van der Waals surface area contributed by atoms with Crippen LogP contribution < -0.4 is 5.32 Å². The van der Waals surface area contributed by atoms with Crippen molar-refractivity contribution in [2.24, 2.45) is 0 Å². The molecule has 0 saturated heterocycles. The van der Waals surface area contributed by atoms with Gasteiger partial charge in [-0.05, 0) is 19.2 Å². The van der Waals surface area contributed by atoms with E-state index < -0.39 is 26.6 Å². The third-order valence-corrected chi connectivity index (χ3v) is 4.15. The lowest BCUT2D eigenvalue weighted by Gasteiger charge is -2.17. The minimum Gasteiger partial charge on any atom is -0.318 e. The van der Waals surface area contributed by atoms with Crippen molar-refractivity contribution in [1.29, 1.82) is 0 Å². The zero-order chi connectivity index (χ0) is 13.1. The molecule has 0 atom stereocenters. The van der Waals surface area contributed by atoms with Gasteiger partial charge in [0, 0.05) is 26.2 Å². The standard InChI is InChI=1S/C10H14F2N2O2S.ClH/c1-13-5-6-14(2)17(15,16)10-4-3-8(11)7-9(10)12;/h3-4,7,13H,5-6H2,1-2H3;1H. The van der Waals surface area contributed by atoms with Crippen LogP contribution in [0.4, 0.5) is 8.78 Å². The molecule has 1 rings (SSSR count). The number of likely N-dealkylation sites (N-methyl/N-ethyl adjacent to an activating group) is 2. The van der Waals surface area contributed by atoms with Gasteiger partial charge in [-0.3, -0.25) is 0 Å². The van der Waals surface area contributed by atoms with Gasteiger partial charge < -0.3 is 5.32 Å². The first-order chi connectivity index (χ1) is 7.89. The fraction of sp³-hybridized carbons (Fsp3) is 0.400. The lowest BCUT2D eigenvalue weighted by atomic mass is 10.3. The highest BCUT2D eigenvalue weighted by molar-refractivity contribution is 7.89. The van der Waals surface area contributed by atoms with E-state index in [-0.39, 0.29) is 19.0 Å². The van der Waals surface area contributed by atoms with Gasteiger partial charge in [0.05, 0.1) is 0 Å².